The number of hydrogen-bond donors (Lipinski definition) is 0. The lowest BCUT2D eigenvalue weighted by Gasteiger charge is -2.38. The van der Waals surface area contributed by atoms with Crippen LogP contribution in [0.4, 0.5) is 4.39 Å². The third kappa shape index (κ3) is 4.91. The van der Waals surface area contributed by atoms with E-state index in [1.807, 2.05) is 25.3 Å². The van der Waals surface area contributed by atoms with E-state index in [0.717, 1.165) is 31.4 Å². The van der Waals surface area contributed by atoms with E-state index in [1.54, 1.807) is 28.0 Å². The Labute approximate surface area is 178 Å². The molecule has 1 aliphatic rings. The molecule has 0 bridgehead atoms. The maximum Gasteiger partial charge on any atom is 0.243 e. The fourth-order valence-electron chi connectivity index (χ4n) is 4.18. The molecule has 0 fully saturated rings. The van der Waals surface area contributed by atoms with E-state index in [4.69, 9.17) is 0 Å². The topological polar surface area (TPSA) is 45.6 Å². The molecule has 0 radical (unpaired) electrons. The van der Waals surface area contributed by atoms with Crippen LogP contribution in [0, 0.1) is 5.82 Å². The van der Waals surface area contributed by atoms with E-state index in [-0.39, 0.29) is 24.2 Å². The molecule has 3 rings (SSSR count). The molecule has 2 aromatic rings. The Balaban J connectivity index is 1.82. The van der Waals surface area contributed by atoms with Crippen LogP contribution in [0.3, 0.4) is 0 Å². The van der Waals surface area contributed by atoms with Gasteiger partial charge >= 0.3 is 0 Å². The van der Waals surface area contributed by atoms with E-state index in [2.05, 4.69) is 11.5 Å². The molecular formula is C24H32FN3O2. The number of hydrogen-bond acceptors (Lipinski definition) is 2. The zero-order valence-electron chi connectivity index (χ0n) is 18.0. The summed E-state index contributed by atoms with van der Waals surface area (Å²) in [6.07, 6.45) is 6.15. The van der Waals surface area contributed by atoms with Gasteiger partial charge in [-0.1, -0.05) is 44.9 Å². The molecule has 0 aliphatic carbocycles. The van der Waals surface area contributed by atoms with Gasteiger partial charge in [0.05, 0.1) is 6.54 Å². The number of fused-ring (bicyclic) bond motifs is 1. The maximum atomic E-state index is 14.7. The van der Waals surface area contributed by atoms with Crippen LogP contribution >= 0.6 is 0 Å². The molecule has 2 amide bonds. The number of rotatable bonds is 9. The quantitative estimate of drug-likeness (QED) is 0.573. The van der Waals surface area contributed by atoms with Crippen molar-refractivity contribution in [3.63, 3.8) is 0 Å². The summed E-state index contributed by atoms with van der Waals surface area (Å²) >= 11 is 0. The van der Waals surface area contributed by atoms with Crippen molar-refractivity contribution in [1.29, 1.82) is 0 Å². The van der Waals surface area contributed by atoms with Gasteiger partial charge in [-0.2, -0.15) is 0 Å². The smallest absolute Gasteiger partial charge is 0.243 e. The van der Waals surface area contributed by atoms with Gasteiger partial charge in [0.25, 0.3) is 0 Å². The molecule has 5 nitrogen and oxygen atoms in total. The van der Waals surface area contributed by atoms with E-state index in [1.165, 1.54) is 6.07 Å². The molecule has 0 N–H and O–H groups in total. The number of aromatic nitrogens is 1. The molecule has 1 aliphatic heterocycles. The number of amides is 2. The van der Waals surface area contributed by atoms with Crippen LogP contribution in [0.1, 0.15) is 63.3 Å². The average Bonchev–Trinajstić information content (AvgIpc) is 3.22. The zero-order chi connectivity index (χ0) is 21.5. The van der Waals surface area contributed by atoms with E-state index >= 15 is 0 Å². The number of unbranched alkanes of at least 4 members (excludes halogenated alkanes) is 2. The van der Waals surface area contributed by atoms with Gasteiger partial charge in [-0.3, -0.25) is 9.59 Å². The maximum absolute atomic E-state index is 14.7. The van der Waals surface area contributed by atoms with Gasteiger partial charge in [0.15, 0.2) is 0 Å². The first-order chi connectivity index (χ1) is 14.6. The second kappa shape index (κ2) is 10.4. The Morgan fingerprint density at radius 1 is 1.07 bits per heavy atom. The van der Waals surface area contributed by atoms with Gasteiger partial charge in [-0.05, 0) is 31.0 Å². The summed E-state index contributed by atoms with van der Waals surface area (Å²) in [6, 6.07) is 10.0. The van der Waals surface area contributed by atoms with Gasteiger partial charge in [0, 0.05) is 43.5 Å². The van der Waals surface area contributed by atoms with Crippen molar-refractivity contribution < 1.29 is 14.0 Å². The largest absolute Gasteiger partial charge is 0.348 e. The molecule has 0 saturated carbocycles. The Morgan fingerprint density at radius 2 is 1.87 bits per heavy atom. The average molecular weight is 414 g/mol. The summed E-state index contributed by atoms with van der Waals surface area (Å²) in [5.74, 6) is -0.425. The van der Waals surface area contributed by atoms with Gasteiger partial charge in [-0.25, -0.2) is 4.39 Å². The normalized spacial score (nSPS) is 15.7. The third-order valence-corrected chi connectivity index (χ3v) is 5.72. The predicted octanol–water partition coefficient (Wildman–Crippen LogP) is 4.38. The van der Waals surface area contributed by atoms with Gasteiger partial charge < -0.3 is 14.4 Å². The first kappa shape index (κ1) is 22.1. The minimum Gasteiger partial charge on any atom is -0.348 e. The second-order valence-electron chi connectivity index (χ2n) is 7.91. The number of carbonyl (C=O) groups is 2. The minimum absolute atomic E-state index is 0.0291. The predicted molar refractivity (Wildman–Crippen MR) is 115 cm³/mol. The van der Waals surface area contributed by atoms with Crippen molar-refractivity contribution in [2.24, 2.45) is 0 Å². The number of carbonyl (C=O) groups excluding carboxylic acids is 2. The van der Waals surface area contributed by atoms with E-state index < -0.39 is 6.04 Å². The number of nitrogens with zero attached hydrogens (tertiary/aromatic N) is 3. The SMILES string of the molecule is CCCCCC(=O)N(CCC)CC(=O)N1CCn2cccc2C1c1ccccc1F. The lowest BCUT2D eigenvalue weighted by Crippen LogP contribution is -2.48. The van der Waals surface area contributed by atoms with Crippen molar-refractivity contribution in [1.82, 2.24) is 14.4 Å². The molecule has 1 atom stereocenters. The third-order valence-electron chi connectivity index (χ3n) is 5.72. The van der Waals surface area contributed by atoms with Crippen LogP contribution in [0.5, 0.6) is 0 Å². The fraction of sp³-hybridized carbons (Fsp3) is 0.500. The lowest BCUT2D eigenvalue weighted by molar-refractivity contribution is -0.142. The fourth-order valence-corrected chi connectivity index (χ4v) is 4.18. The van der Waals surface area contributed by atoms with Crippen molar-refractivity contribution in [2.45, 2.75) is 58.5 Å². The first-order valence-corrected chi connectivity index (χ1v) is 11.0. The summed E-state index contributed by atoms with van der Waals surface area (Å²) in [4.78, 5) is 29.4. The number of benzene rings is 1. The molecular weight excluding hydrogens is 381 g/mol. The van der Waals surface area contributed by atoms with Gasteiger partial charge in [0.2, 0.25) is 11.8 Å². The highest BCUT2D eigenvalue weighted by molar-refractivity contribution is 5.85. The molecule has 2 heterocycles. The Morgan fingerprint density at radius 3 is 2.60 bits per heavy atom. The van der Waals surface area contributed by atoms with Crippen LogP contribution in [0.15, 0.2) is 42.6 Å². The molecule has 0 spiro atoms. The van der Waals surface area contributed by atoms with Gasteiger partial charge in [-0.15, -0.1) is 0 Å². The monoisotopic (exact) mass is 413 g/mol. The van der Waals surface area contributed by atoms with Crippen LogP contribution in [0.2, 0.25) is 0 Å². The molecule has 6 heteroatoms. The zero-order valence-corrected chi connectivity index (χ0v) is 18.0. The summed E-state index contributed by atoms with van der Waals surface area (Å²) in [5, 5.41) is 0. The van der Waals surface area contributed by atoms with Crippen molar-refractivity contribution >= 4 is 11.8 Å². The highest BCUT2D eigenvalue weighted by Gasteiger charge is 2.34. The van der Waals surface area contributed by atoms with Crippen LogP contribution in [-0.2, 0) is 16.1 Å². The second-order valence-corrected chi connectivity index (χ2v) is 7.91. The summed E-state index contributed by atoms with van der Waals surface area (Å²) < 4.78 is 16.8. The Bertz CT molecular complexity index is 864. The highest BCUT2D eigenvalue weighted by Crippen LogP contribution is 2.33. The standard InChI is InChI=1S/C24H32FN3O2/c1-3-5-6-13-22(29)27(14-4-2)18-23(30)28-17-16-26-15-9-12-21(26)24(28)19-10-7-8-11-20(19)25/h7-12,15,24H,3-6,13-14,16-18H2,1-2H3. The Kier molecular flexibility index (Phi) is 7.66. The highest BCUT2D eigenvalue weighted by atomic mass is 19.1. The Hall–Kier alpha value is -2.63. The van der Waals surface area contributed by atoms with Crippen LogP contribution in [-0.4, -0.2) is 45.8 Å². The molecule has 0 saturated heterocycles. The van der Waals surface area contributed by atoms with Crippen molar-refractivity contribution in [2.75, 3.05) is 19.6 Å². The first-order valence-electron chi connectivity index (χ1n) is 11.0. The summed E-state index contributed by atoms with van der Waals surface area (Å²) in [6.45, 7) is 5.87. The van der Waals surface area contributed by atoms with E-state index in [9.17, 15) is 14.0 Å². The summed E-state index contributed by atoms with van der Waals surface area (Å²) in [7, 11) is 0. The summed E-state index contributed by atoms with van der Waals surface area (Å²) in [5.41, 5.74) is 1.39. The van der Waals surface area contributed by atoms with Gasteiger partial charge in [0.1, 0.15) is 11.9 Å². The molecule has 1 unspecified atom stereocenters. The van der Waals surface area contributed by atoms with Crippen LogP contribution < -0.4 is 0 Å². The minimum atomic E-state index is -0.485. The van der Waals surface area contributed by atoms with E-state index in [0.29, 0.717) is 31.6 Å². The molecule has 1 aromatic carbocycles. The molecule has 30 heavy (non-hydrogen) atoms. The number of halogens is 1. The van der Waals surface area contributed by atoms with Crippen LogP contribution in [0.25, 0.3) is 0 Å². The molecule has 1 aromatic heterocycles. The molecule has 162 valence electrons. The van der Waals surface area contributed by atoms with Crippen molar-refractivity contribution in [3.8, 4) is 0 Å². The lowest BCUT2D eigenvalue weighted by atomic mass is 9.99. The van der Waals surface area contributed by atoms with Crippen molar-refractivity contribution in [3.05, 3.63) is 59.7 Å².